The van der Waals surface area contributed by atoms with E-state index < -0.39 is 0 Å². The number of H-pyrrole nitrogens is 1. The molecule has 39 heavy (non-hydrogen) atoms. The molecule has 4 aromatic rings. The van der Waals surface area contributed by atoms with Crippen molar-refractivity contribution >= 4 is 16.9 Å². The number of hydrogen-bond acceptors (Lipinski definition) is 5. The molecule has 0 bridgehead atoms. The predicted octanol–water partition coefficient (Wildman–Crippen LogP) is 6.39. The first-order valence-corrected chi connectivity index (χ1v) is 13.9. The Bertz CT molecular complexity index is 1410. The Hall–Kier alpha value is -3.84. The molecule has 2 heterocycles. The Labute approximate surface area is 230 Å². The third-order valence-corrected chi connectivity index (χ3v) is 8.08. The number of phenols is 1. The standard InChI is InChI=1S/C32H38N4O3/c1-21-19-34-31-29(21)28(17-18-33-31)39-24-15-13-23(14-16-24)30(22-9-5-4-6-10-22)26(36(2)3)20-35-32(38)25-11-7-8-12-27(25)37/h7-8,11-19,22,26,30,37H,4-6,9-10,20H2,1-3H3,(H,33,34)(H,35,38)/t26-,30+/m1/s1. The number of carbonyl (C=O) groups is 1. The zero-order chi connectivity index (χ0) is 27.4. The van der Waals surface area contributed by atoms with E-state index in [2.05, 4.69) is 46.4 Å². The first kappa shape index (κ1) is 26.8. The number of para-hydroxylation sites is 1. The van der Waals surface area contributed by atoms with Gasteiger partial charge in [0.05, 0.1) is 10.9 Å². The van der Waals surface area contributed by atoms with Crippen molar-refractivity contribution in [2.75, 3.05) is 20.6 Å². The smallest absolute Gasteiger partial charge is 0.255 e. The number of likely N-dealkylation sites (N-methyl/N-ethyl adjacent to an activating group) is 1. The number of nitrogens with one attached hydrogen (secondary N) is 2. The summed E-state index contributed by atoms with van der Waals surface area (Å²) in [6.07, 6.45) is 9.83. The van der Waals surface area contributed by atoms with Crippen LogP contribution in [0.5, 0.6) is 17.2 Å². The quantitative estimate of drug-likeness (QED) is 0.235. The minimum absolute atomic E-state index is 0.00266. The summed E-state index contributed by atoms with van der Waals surface area (Å²) in [6, 6.07) is 17.1. The van der Waals surface area contributed by atoms with Gasteiger partial charge in [-0.3, -0.25) is 4.79 Å². The number of amides is 1. The number of pyridine rings is 1. The van der Waals surface area contributed by atoms with E-state index >= 15 is 0 Å². The molecule has 2 aromatic heterocycles. The van der Waals surface area contributed by atoms with Gasteiger partial charge in [-0.15, -0.1) is 0 Å². The van der Waals surface area contributed by atoms with Crippen LogP contribution in [-0.4, -0.2) is 52.6 Å². The van der Waals surface area contributed by atoms with E-state index in [0.29, 0.717) is 18.0 Å². The zero-order valence-electron chi connectivity index (χ0n) is 23.0. The molecule has 2 aromatic carbocycles. The van der Waals surface area contributed by atoms with Gasteiger partial charge in [0.15, 0.2) is 0 Å². The number of rotatable bonds is 9. The number of nitrogens with zero attached hydrogens (tertiary/aromatic N) is 2. The van der Waals surface area contributed by atoms with Crippen LogP contribution in [0, 0.1) is 12.8 Å². The van der Waals surface area contributed by atoms with Crippen molar-refractivity contribution in [3.8, 4) is 17.2 Å². The topological polar surface area (TPSA) is 90.5 Å². The molecule has 0 saturated heterocycles. The van der Waals surface area contributed by atoms with Crippen LogP contribution in [0.15, 0.2) is 67.0 Å². The largest absolute Gasteiger partial charge is 0.507 e. The van der Waals surface area contributed by atoms with Gasteiger partial charge in [0.1, 0.15) is 22.9 Å². The van der Waals surface area contributed by atoms with Crippen molar-refractivity contribution in [2.45, 2.75) is 51.0 Å². The summed E-state index contributed by atoms with van der Waals surface area (Å²) >= 11 is 0. The summed E-state index contributed by atoms with van der Waals surface area (Å²) in [5, 5.41) is 14.2. The summed E-state index contributed by atoms with van der Waals surface area (Å²) in [5.41, 5.74) is 3.47. The van der Waals surface area contributed by atoms with Crippen molar-refractivity contribution in [1.82, 2.24) is 20.2 Å². The van der Waals surface area contributed by atoms with Gasteiger partial charge in [-0.1, -0.05) is 43.5 Å². The van der Waals surface area contributed by atoms with Gasteiger partial charge >= 0.3 is 0 Å². The second kappa shape index (κ2) is 11.9. The second-order valence-corrected chi connectivity index (χ2v) is 10.9. The number of aryl methyl sites for hydroxylation is 1. The number of aromatic hydroxyl groups is 1. The van der Waals surface area contributed by atoms with Crippen molar-refractivity contribution in [3.63, 3.8) is 0 Å². The molecule has 0 spiro atoms. The highest BCUT2D eigenvalue weighted by atomic mass is 16.5. The van der Waals surface area contributed by atoms with Crippen molar-refractivity contribution in [2.24, 2.45) is 5.92 Å². The molecule has 1 saturated carbocycles. The second-order valence-electron chi connectivity index (χ2n) is 10.9. The van der Waals surface area contributed by atoms with Crippen LogP contribution in [0.4, 0.5) is 0 Å². The molecule has 7 heteroatoms. The number of ether oxygens (including phenoxy) is 1. The SMILES string of the molecule is Cc1c[nH]c2nccc(Oc3ccc([C@H](C4CCCCC4)[C@@H](CNC(=O)c4ccccc4O)N(C)C)cc3)c12. The van der Waals surface area contributed by atoms with Crippen LogP contribution in [0.25, 0.3) is 11.0 Å². The molecule has 1 aliphatic carbocycles. The summed E-state index contributed by atoms with van der Waals surface area (Å²) in [7, 11) is 4.16. The Balaban J connectivity index is 1.39. The van der Waals surface area contributed by atoms with Crippen LogP contribution >= 0.6 is 0 Å². The third-order valence-electron chi connectivity index (χ3n) is 8.08. The number of aromatic amines is 1. The Morgan fingerprint density at radius 2 is 1.85 bits per heavy atom. The number of benzene rings is 2. The number of phenolic OH excluding ortho intramolecular Hbond substituents is 1. The highest BCUT2D eigenvalue weighted by molar-refractivity contribution is 5.96. The molecule has 1 fully saturated rings. The average molecular weight is 527 g/mol. The van der Waals surface area contributed by atoms with Gasteiger partial charge in [0.25, 0.3) is 5.91 Å². The fraction of sp³-hybridized carbons (Fsp3) is 0.375. The predicted molar refractivity (Wildman–Crippen MR) is 155 cm³/mol. The summed E-state index contributed by atoms with van der Waals surface area (Å²) in [4.78, 5) is 22.7. The minimum atomic E-state index is -0.255. The van der Waals surface area contributed by atoms with Gasteiger partial charge in [-0.05, 0) is 81.2 Å². The highest BCUT2D eigenvalue weighted by Gasteiger charge is 2.33. The minimum Gasteiger partial charge on any atom is -0.507 e. The maximum Gasteiger partial charge on any atom is 0.255 e. The van der Waals surface area contributed by atoms with Crippen molar-refractivity contribution < 1.29 is 14.6 Å². The first-order valence-electron chi connectivity index (χ1n) is 13.9. The summed E-state index contributed by atoms with van der Waals surface area (Å²) in [5.74, 6) is 2.09. The molecular weight excluding hydrogens is 488 g/mol. The lowest BCUT2D eigenvalue weighted by Crippen LogP contribution is -2.46. The average Bonchev–Trinajstić information content (AvgIpc) is 3.33. The Kier molecular flexibility index (Phi) is 8.17. The third kappa shape index (κ3) is 5.93. The van der Waals surface area contributed by atoms with Crippen molar-refractivity contribution in [1.29, 1.82) is 0 Å². The lowest BCUT2D eigenvalue weighted by atomic mass is 9.73. The Morgan fingerprint density at radius 1 is 1.10 bits per heavy atom. The van der Waals surface area contributed by atoms with E-state index in [-0.39, 0.29) is 23.6 Å². The fourth-order valence-corrected chi connectivity index (χ4v) is 6.04. The lowest BCUT2D eigenvalue weighted by Gasteiger charge is -2.39. The van der Waals surface area contributed by atoms with Crippen LogP contribution in [0.2, 0.25) is 0 Å². The molecule has 0 unspecified atom stereocenters. The van der Waals surface area contributed by atoms with E-state index in [9.17, 15) is 9.90 Å². The maximum atomic E-state index is 12.9. The molecule has 1 amide bonds. The Morgan fingerprint density at radius 3 is 2.56 bits per heavy atom. The monoisotopic (exact) mass is 526 g/mol. The molecule has 1 aliphatic rings. The summed E-state index contributed by atoms with van der Waals surface area (Å²) in [6.45, 7) is 2.53. The normalized spacial score (nSPS) is 15.8. The van der Waals surface area contributed by atoms with Crippen LogP contribution in [0.3, 0.4) is 0 Å². The lowest BCUT2D eigenvalue weighted by molar-refractivity contribution is 0.0925. The van der Waals surface area contributed by atoms with E-state index in [1.54, 1.807) is 30.5 Å². The van der Waals surface area contributed by atoms with Gasteiger partial charge in [0.2, 0.25) is 0 Å². The number of carbonyl (C=O) groups excluding carboxylic acids is 1. The fourth-order valence-electron chi connectivity index (χ4n) is 6.04. The van der Waals surface area contributed by atoms with E-state index in [1.165, 1.54) is 37.7 Å². The van der Waals surface area contributed by atoms with Gasteiger partial charge in [-0.2, -0.15) is 0 Å². The molecule has 204 valence electrons. The molecule has 2 atom stereocenters. The van der Waals surface area contributed by atoms with Gasteiger partial charge in [-0.25, -0.2) is 4.98 Å². The van der Waals surface area contributed by atoms with Gasteiger partial charge < -0.3 is 25.0 Å². The zero-order valence-corrected chi connectivity index (χ0v) is 23.0. The number of aromatic nitrogens is 2. The van der Waals surface area contributed by atoms with E-state index in [1.807, 2.05) is 31.3 Å². The first-order chi connectivity index (χ1) is 18.9. The number of fused-ring (bicyclic) bond motifs is 1. The van der Waals surface area contributed by atoms with Gasteiger partial charge in [0, 0.05) is 30.9 Å². The number of hydrogen-bond donors (Lipinski definition) is 3. The summed E-state index contributed by atoms with van der Waals surface area (Å²) < 4.78 is 6.31. The highest BCUT2D eigenvalue weighted by Crippen LogP contribution is 2.40. The molecule has 7 nitrogen and oxygen atoms in total. The van der Waals surface area contributed by atoms with Crippen LogP contribution in [0.1, 0.15) is 59.5 Å². The molecule has 0 aliphatic heterocycles. The molecular formula is C32H38N4O3. The van der Waals surface area contributed by atoms with Crippen LogP contribution in [-0.2, 0) is 0 Å². The maximum absolute atomic E-state index is 12.9. The molecule has 0 radical (unpaired) electrons. The van der Waals surface area contributed by atoms with E-state index in [0.717, 1.165) is 28.1 Å². The molecule has 3 N–H and O–H groups in total. The van der Waals surface area contributed by atoms with Crippen molar-refractivity contribution in [3.05, 3.63) is 83.7 Å². The van der Waals surface area contributed by atoms with E-state index in [4.69, 9.17) is 4.74 Å². The van der Waals surface area contributed by atoms with Crippen LogP contribution < -0.4 is 10.1 Å². The molecule has 5 rings (SSSR count).